The van der Waals surface area contributed by atoms with Gasteiger partial charge in [-0.2, -0.15) is 0 Å². The van der Waals surface area contributed by atoms with Crippen molar-refractivity contribution in [3.63, 3.8) is 0 Å². The lowest BCUT2D eigenvalue weighted by atomic mass is 9.53. The Bertz CT molecular complexity index is 416. The van der Waals surface area contributed by atoms with E-state index in [0.717, 1.165) is 5.57 Å². The molecule has 0 amide bonds. The van der Waals surface area contributed by atoms with Crippen LogP contribution < -0.4 is 0 Å². The van der Waals surface area contributed by atoms with Gasteiger partial charge in [0, 0.05) is 21.1 Å². The summed E-state index contributed by atoms with van der Waals surface area (Å²) < 4.78 is 5.14. The minimum absolute atomic E-state index is 0.136. The van der Waals surface area contributed by atoms with Crippen LogP contribution in [0.5, 0.6) is 0 Å². The number of carbonyl (C=O) groups excluding carboxylic acids is 1. The first-order chi connectivity index (χ1) is 8.15. The number of esters is 1. The first kappa shape index (κ1) is 12.0. The second-order valence-corrected chi connectivity index (χ2v) is 6.99. The van der Waals surface area contributed by atoms with Gasteiger partial charge >= 0.3 is 5.97 Å². The molecule has 0 spiro atoms. The third-order valence-corrected chi connectivity index (χ3v) is 7.20. The topological polar surface area (TPSA) is 26.3 Å². The third kappa shape index (κ3) is 1.60. The van der Waals surface area contributed by atoms with Crippen LogP contribution in [0.1, 0.15) is 6.92 Å². The lowest BCUT2D eigenvalue weighted by Crippen LogP contribution is -2.58. The zero-order valence-corrected chi connectivity index (χ0v) is 12.6. The van der Waals surface area contributed by atoms with Gasteiger partial charge in [-0.1, -0.05) is 50.1 Å². The third-order valence-electron chi connectivity index (χ3n) is 4.13. The van der Waals surface area contributed by atoms with Crippen LogP contribution in [0.25, 0.3) is 0 Å². The molecule has 6 atom stereocenters. The van der Waals surface area contributed by atoms with Gasteiger partial charge in [-0.25, -0.2) is 4.79 Å². The molecule has 92 valence electrons. The second-order valence-electron chi connectivity index (χ2n) is 4.87. The molecular weight excluding hydrogens is 348 g/mol. The number of rotatable bonds is 2. The van der Waals surface area contributed by atoms with E-state index in [0.29, 0.717) is 34.0 Å². The monoisotopic (exact) mass is 360 g/mol. The molecule has 0 N–H and O–H groups in total. The summed E-state index contributed by atoms with van der Waals surface area (Å²) in [4.78, 5) is 12.9. The van der Waals surface area contributed by atoms with Crippen molar-refractivity contribution in [2.75, 3.05) is 6.61 Å². The van der Waals surface area contributed by atoms with E-state index < -0.39 is 0 Å². The van der Waals surface area contributed by atoms with Gasteiger partial charge < -0.3 is 4.74 Å². The van der Waals surface area contributed by atoms with Gasteiger partial charge in [-0.05, 0) is 24.7 Å². The highest BCUT2D eigenvalue weighted by atomic mass is 79.9. The molecule has 4 aliphatic rings. The first-order valence-corrected chi connectivity index (χ1v) is 7.83. The van der Waals surface area contributed by atoms with Gasteiger partial charge in [0.2, 0.25) is 0 Å². The molecule has 0 saturated heterocycles. The van der Waals surface area contributed by atoms with Crippen LogP contribution in [0.3, 0.4) is 0 Å². The number of ether oxygens (including phenoxy) is 1. The Morgan fingerprint density at radius 3 is 2.71 bits per heavy atom. The van der Waals surface area contributed by atoms with Crippen molar-refractivity contribution in [1.82, 2.24) is 0 Å². The van der Waals surface area contributed by atoms with Crippen LogP contribution in [0, 0.1) is 23.7 Å². The molecule has 0 aliphatic heterocycles. The Balaban J connectivity index is 1.89. The van der Waals surface area contributed by atoms with Crippen molar-refractivity contribution in [3.05, 3.63) is 23.8 Å². The zero-order valence-electron chi connectivity index (χ0n) is 9.48. The van der Waals surface area contributed by atoms with Crippen molar-refractivity contribution in [1.29, 1.82) is 0 Å². The van der Waals surface area contributed by atoms with E-state index in [2.05, 4.69) is 50.1 Å². The summed E-state index contributed by atoms with van der Waals surface area (Å²) in [6.45, 7) is 2.30. The van der Waals surface area contributed by atoms with Crippen molar-refractivity contribution in [3.8, 4) is 0 Å². The molecule has 4 rings (SSSR count). The normalized spacial score (nSPS) is 45.9. The molecule has 2 bridgehead atoms. The molecule has 2 nitrogen and oxygen atoms in total. The van der Waals surface area contributed by atoms with E-state index in [1.807, 2.05) is 6.92 Å². The van der Waals surface area contributed by atoms with Gasteiger partial charge in [-0.3, -0.25) is 0 Å². The Morgan fingerprint density at radius 2 is 2.00 bits per heavy atom. The molecule has 0 radical (unpaired) electrons. The largest absolute Gasteiger partial charge is 0.463 e. The van der Waals surface area contributed by atoms with Gasteiger partial charge in [0.05, 0.1) is 6.61 Å². The molecule has 1 fully saturated rings. The summed E-state index contributed by atoms with van der Waals surface area (Å²) in [5.74, 6) is 1.67. The number of hydrogen-bond donors (Lipinski definition) is 0. The minimum atomic E-state index is -0.136. The summed E-state index contributed by atoms with van der Waals surface area (Å²) in [6, 6.07) is 0. The lowest BCUT2D eigenvalue weighted by molar-refractivity contribution is -0.139. The number of alkyl halides is 2. The predicted octanol–water partition coefficient (Wildman–Crippen LogP) is 3.06. The van der Waals surface area contributed by atoms with E-state index in [9.17, 15) is 4.79 Å². The number of carbonyl (C=O) groups is 1. The van der Waals surface area contributed by atoms with Crippen molar-refractivity contribution in [2.24, 2.45) is 23.7 Å². The fourth-order valence-corrected chi connectivity index (χ4v) is 5.42. The molecule has 0 aromatic rings. The first-order valence-electron chi connectivity index (χ1n) is 6.00. The Morgan fingerprint density at radius 1 is 1.29 bits per heavy atom. The second kappa shape index (κ2) is 4.23. The van der Waals surface area contributed by atoms with Crippen molar-refractivity contribution in [2.45, 2.75) is 16.6 Å². The van der Waals surface area contributed by atoms with Crippen LogP contribution in [0.2, 0.25) is 0 Å². The number of allylic oxidation sites excluding steroid dienone is 3. The standard InChI is InChI=1S/C13H14Br2O2/c1-2-17-13(16)8-5-6-3-4-7(8)10-9(6)11(14)12(10)15/h3-7,9-12H,2H2,1H3. The van der Waals surface area contributed by atoms with E-state index in [-0.39, 0.29) is 11.9 Å². The molecular formula is C13H14Br2O2. The smallest absolute Gasteiger partial charge is 0.334 e. The summed E-state index contributed by atoms with van der Waals surface area (Å²) in [5, 5.41) is 0. The summed E-state index contributed by atoms with van der Waals surface area (Å²) in [5.41, 5.74) is 0.865. The van der Waals surface area contributed by atoms with E-state index in [1.165, 1.54) is 0 Å². The highest BCUT2D eigenvalue weighted by molar-refractivity contribution is 9.12. The van der Waals surface area contributed by atoms with Crippen molar-refractivity contribution < 1.29 is 9.53 Å². The highest BCUT2D eigenvalue weighted by Gasteiger charge is 2.58. The van der Waals surface area contributed by atoms with Crippen LogP contribution in [0.15, 0.2) is 23.8 Å². The number of hydrogen-bond acceptors (Lipinski definition) is 2. The maximum Gasteiger partial charge on any atom is 0.334 e. The predicted molar refractivity (Wildman–Crippen MR) is 73.2 cm³/mol. The van der Waals surface area contributed by atoms with Crippen LogP contribution in [-0.2, 0) is 9.53 Å². The van der Waals surface area contributed by atoms with Gasteiger partial charge in [-0.15, -0.1) is 0 Å². The minimum Gasteiger partial charge on any atom is -0.463 e. The van der Waals surface area contributed by atoms with Crippen molar-refractivity contribution >= 4 is 37.8 Å². The average Bonchev–Trinajstić information content (AvgIpc) is 2.37. The maximum atomic E-state index is 11.9. The molecule has 0 heterocycles. The summed E-state index contributed by atoms with van der Waals surface area (Å²) >= 11 is 7.46. The molecule has 4 heteroatoms. The lowest BCUT2D eigenvalue weighted by Gasteiger charge is -2.57. The quantitative estimate of drug-likeness (QED) is 0.429. The molecule has 4 aliphatic carbocycles. The molecule has 0 aromatic carbocycles. The molecule has 6 unspecified atom stereocenters. The summed E-state index contributed by atoms with van der Waals surface area (Å²) in [7, 11) is 0. The molecule has 1 saturated carbocycles. The molecule has 17 heavy (non-hydrogen) atoms. The van der Waals surface area contributed by atoms with E-state index >= 15 is 0 Å². The highest BCUT2D eigenvalue weighted by Crippen LogP contribution is 2.59. The Labute approximate surface area is 118 Å². The Kier molecular flexibility index (Phi) is 2.98. The SMILES string of the molecule is CCOC(=O)C1=CC2C=CC1C1C(Br)C(Br)C21. The molecule has 0 aromatic heterocycles. The van der Waals surface area contributed by atoms with Gasteiger partial charge in [0.1, 0.15) is 0 Å². The fourth-order valence-electron chi connectivity index (χ4n) is 3.33. The Hall–Kier alpha value is -0.0900. The maximum absolute atomic E-state index is 11.9. The van der Waals surface area contributed by atoms with E-state index in [1.54, 1.807) is 0 Å². The van der Waals surface area contributed by atoms with Gasteiger partial charge in [0.25, 0.3) is 0 Å². The van der Waals surface area contributed by atoms with Gasteiger partial charge in [0.15, 0.2) is 0 Å². The van der Waals surface area contributed by atoms with Crippen LogP contribution in [0.4, 0.5) is 0 Å². The van der Waals surface area contributed by atoms with E-state index in [4.69, 9.17) is 4.74 Å². The average molecular weight is 362 g/mol. The summed E-state index contributed by atoms with van der Waals surface area (Å²) in [6.07, 6.45) is 6.53. The van der Waals surface area contributed by atoms with Crippen LogP contribution >= 0.6 is 31.9 Å². The zero-order chi connectivity index (χ0) is 12.2. The van der Waals surface area contributed by atoms with Crippen LogP contribution in [-0.4, -0.2) is 22.2 Å². The fraction of sp³-hybridized carbons (Fsp3) is 0.615. The number of halogens is 2.